The maximum absolute atomic E-state index is 12.2. The van der Waals surface area contributed by atoms with Crippen molar-refractivity contribution in [3.05, 3.63) is 23.8 Å². The van der Waals surface area contributed by atoms with Crippen LogP contribution >= 0.6 is 0 Å². The van der Waals surface area contributed by atoms with Crippen LogP contribution in [0.25, 0.3) is 0 Å². The normalized spacial score (nSPS) is 17.9. The highest BCUT2D eigenvalue weighted by Crippen LogP contribution is 2.35. The van der Waals surface area contributed by atoms with Crippen molar-refractivity contribution in [3.8, 4) is 11.5 Å². The van der Waals surface area contributed by atoms with Crippen LogP contribution < -0.4 is 14.8 Å². The SMILES string of the molecule is O=C(Cc1cccc2c1OCO2)N1CCNCC1. The summed E-state index contributed by atoms with van der Waals surface area (Å²) in [7, 11) is 0. The molecule has 0 unspecified atom stereocenters. The van der Waals surface area contributed by atoms with Crippen molar-refractivity contribution in [1.82, 2.24) is 10.2 Å². The lowest BCUT2D eigenvalue weighted by Gasteiger charge is -2.27. The minimum Gasteiger partial charge on any atom is -0.454 e. The minimum absolute atomic E-state index is 0.153. The van der Waals surface area contributed by atoms with Crippen molar-refractivity contribution in [2.75, 3.05) is 33.0 Å². The molecule has 2 aliphatic rings. The van der Waals surface area contributed by atoms with Crippen LogP contribution in [0.2, 0.25) is 0 Å². The Morgan fingerprint density at radius 3 is 2.94 bits per heavy atom. The highest BCUT2D eigenvalue weighted by Gasteiger charge is 2.22. The van der Waals surface area contributed by atoms with Crippen molar-refractivity contribution in [2.45, 2.75) is 6.42 Å². The quantitative estimate of drug-likeness (QED) is 0.822. The molecule has 2 aliphatic heterocycles. The molecule has 2 heterocycles. The first-order chi connectivity index (χ1) is 8.84. The molecule has 0 aliphatic carbocycles. The molecule has 0 radical (unpaired) electrons. The molecule has 1 fully saturated rings. The van der Waals surface area contributed by atoms with E-state index in [1.807, 2.05) is 23.1 Å². The molecular weight excluding hydrogens is 232 g/mol. The molecule has 3 rings (SSSR count). The van der Waals surface area contributed by atoms with Gasteiger partial charge in [-0.05, 0) is 6.07 Å². The van der Waals surface area contributed by atoms with E-state index in [9.17, 15) is 4.79 Å². The Bertz CT molecular complexity index is 456. The summed E-state index contributed by atoms with van der Waals surface area (Å²) in [5, 5.41) is 3.24. The Balaban J connectivity index is 1.72. The highest BCUT2D eigenvalue weighted by molar-refractivity contribution is 5.80. The van der Waals surface area contributed by atoms with Crippen LogP contribution in [-0.4, -0.2) is 43.8 Å². The van der Waals surface area contributed by atoms with E-state index < -0.39 is 0 Å². The van der Waals surface area contributed by atoms with Gasteiger partial charge in [0.15, 0.2) is 11.5 Å². The number of nitrogens with one attached hydrogen (secondary N) is 1. The molecular formula is C13H16N2O3. The molecule has 0 aromatic heterocycles. The molecule has 96 valence electrons. The van der Waals surface area contributed by atoms with Crippen molar-refractivity contribution in [2.24, 2.45) is 0 Å². The van der Waals surface area contributed by atoms with Gasteiger partial charge in [-0.15, -0.1) is 0 Å². The number of hydrogen-bond acceptors (Lipinski definition) is 4. The summed E-state index contributed by atoms with van der Waals surface area (Å²) in [5.74, 6) is 1.61. The monoisotopic (exact) mass is 248 g/mol. The van der Waals surface area contributed by atoms with Gasteiger partial charge in [-0.3, -0.25) is 4.79 Å². The van der Waals surface area contributed by atoms with E-state index in [-0.39, 0.29) is 12.7 Å². The first-order valence-corrected chi connectivity index (χ1v) is 6.20. The third-order valence-corrected chi connectivity index (χ3v) is 3.29. The fourth-order valence-electron chi connectivity index (χ4n) is 2.32. The van der Waals surface area contributed by atoms with Gasteiger partial charge in [-0.25, -0.2) is 0 Å². The van der Waals surface area contributed by atoms with Crippen molar-refractivity contribution < 1.29 is 14.3 Å². The van der Waals surface area contributed by atoms with Crippen LogP contribution in [-0.2, 0) is 11.2 Å². The van der Waals surface area contributed by atoms with Gasteiger partial charge in [0.1, 0.15) is 0 Å². The van der Waals surface area contributed by atoms with Gasteiger partial charge in [0.25, 0.3) is 0 Å². The number of nitrogens with zero attached hydrogens (tertiary/aromatic N) is 1. The van der Waals surface area contributed by atoms with Gasteiger partial charge in [-0.1, -0.05) is 12.1 Å². The van der Waals surface area contributed by atoms with Gasteiger partial charge < -0.3 is 19.7 Å². The summed E-state index contributed by atoms with van der Waals surface area (Å²) in [4.78, 5) is 14.1. The van der Waals surface area contributed by atoms with Crippen molar-refractivity contribution >= 4 is 5.91 Å². The fourth-order valence-corrected chi connectivity index (χ4v) is 2.32. The van der Waals surface area contributed by atoms with Gasteiger partial charge in [0, 0.05) is 31.7 Å². The van der Waals surface area contributed by atoms with Crippen molar-refractivity contribution in [1.29, 1.82) is 0 Å². The van der Waals surface area contributed by atoms with E-state index in [0.29, 0.717) is 6.42 Å². The second-order valence-electron chi connectivity index (χ2n) is 4.46. The van der Waals surface area contributed by atoms with Gasteiger partial charge in [-0.2, -0.15) is 0 Å². The van der Waals surface area contributed by atoms with Gasteiger partial charge >= 0.3 is 0 Å². The summed E-state index contributed by atoms with van der Waals surface area (Å²) in [6, 6.07) is 5.68. The van der Waals surface area contributed by atoms with Crippen LogP contribution in [0.4, 0.5) is 0 Å². The second kappa shape index (κ2) is 4.86. The zero-order valence-electron chi connectivity index (χ0n) is 10.1. The number of fused-ring (bicyclic) bond motifs is 1. The number of ether oxygens (including phenoxy) is 2. The average molecular weight is 248 g/mol. The van der Waals surface area contributed by atoms with Crippen molar-refractivity contribution in [3.63, 3.8) is 0 Å². The molecule has 1 saturated heterocycles. The van der Waals surface area contributed by atoms with Gasteiger partial charge in [0.05, 0.1) is 6.42 Å². The fraction of sp³-hybridized carbons (Fsp3) is 0.462. The molecule has 18 heavy (non-hydrogen) atoms. The highest BCUT2D eigenvalue weighted by atomic mass is 16.7. The van der Waals surface area contributed by atoms with Crippen LogP contribution in [0.5, 0.6) is 11.5 Å². The number of carbonyl (C=O) groups excluding carboxylic acids is 1. The summed E-state index contributed by atoms with van der Waals surface area (Å²) in [5.41, 5.74) is 0.911. The predicted molar refractivity (Wildman–Crippen MR) is 65.7 cm³/mol. The predicted octanol–water partition coefficient (Wildman–Crippen LogP) is 0.390. The van der Waals surface area contributed by atoms with Crippen LogP contribution in [0.15, 0.2) is 18.2 Å². The first kappa shape index (κ1) is 11.3. The first-order valence-electron chi connectivity index (χ1n) is 6.20. The maximum Gasteiger partial charge on any atom is 0.231 e. The average Bonchev–Trinajstić information content (AvgIpc) is 2.89. The molecule has 1 amide bonds. The summed E-state index contributed by atoms with van der Waals surface area (Å²) >= 11 is 0. The summed E-state index contributed by atoms with van der Waals surface area (Å²) in [6.07, 6.45) is 0.381. The molecule has 1 aromatic carbocycles. The Morgan fingerprint density at radius 2 is 2.11 bits per heavy atom. The molecule has 1 N–H and O–H groups in total. The minimum atomic E-state index is 0.153. The third kappa shape index (κ3) is 2.13. The number of hydrogen-bond donors (Lipinski definition) is 1. The zero-order valence-corrected chi connectivity index (χ0v) is 10.1. The smallest absolute Gasteiger partial charge is 0.231 e. The number of rotatable bonds is 2. The molecule has 1 aromatic rings. The van der Waals surface area contributed by atoms with Crippen LogP contribution in [0, 0.1) is 0 Å². The molecule has 0 atom stereocenters. The largest absolute Gasteiger partial charge is 0.454 e. The summed E-state index contributed by atoms with van der Waals surface area (Å²) in [6.45, 7) is 3.56. The number of para-hydroxylation sites is 1. The van der Waals surface area contributed by atoms with E-state index in [4.69, 9.17) is 9.47 Å². The third-order valence-electron chi connectivity index (χ3n) is 3.29. The van der Waals surface area contributed by atoms with Gasteiger partial charge in [0.2, 0.25) is 12.7 Å². The number of benzene rings is 1. The molecule has 0 saturated carbocycles. The number of piperazine rings is 1. The Hall–Kier alpha value is -1.75. The number of amides is 1. The van der Waals surface area contributed by atoms with E-state index in [1.54, 1.807) is 0 Å². The lowest BCUT2D eigenvalue weighted by atomic mass is 10.1. The van der Waals surface area contributed by atoms with Crippen LogP contribution in [0.3, 0.4) is 0 Å². The Kier molecular flexibility index (Phi) is 3.06. The molecule has 5 nitrogen and oxygen atoms in total. The second-order valence-corrected chi connectivity index (χ2v) is 4.46. The Morgan fingerprint density at radius 1 is 1.28 bits per heavy atom. The topological polar surface area (TPSA) is 50.8 Å². The van der Waals surface area contributed by atoms with Crippen LogP contribution in [0.1, 0.15) is 5.56 Å². The van der Waals surface area contributed by atoms with E-state index in [1.165, 1.54) is 0 Å². The summed E-state index contributed by atoms with van der Waals surface area (Å²) < 4.78 is 10.7. The number of carbonyl (C=O) groups is 1. The molecule has 0 bridgehead atoms. The zero-order chi connectivity index (χ0) is 12.4. The van der Waals surface area contributed by atoms with E-state index in [2.05, 4.69) is 5.32 Å². The maximum atomic E-state index is 12.2. The standard InChI is InChI=1S/C13H16N2O3/c16-12(15-6-4-14-5-7-15)8-10-2-1-3-11-13(10)18-9-17-11/h1-3,14H,4-9H2. The lowest BCUT2D eigenvalue weighted by molar-refractivity contribution is -0.131. The van der Waals surface area contributed by atoms with E-state index in [0.717, 1.165) is 43.2 Å². The van der Waals surface area contributed by atoms with E-state index >= 15 is 0 Å². The molecule has 5 heteroatoms. The Labute approximate surface area is 106 Å². The molecule has 0 spiro atoms. The lowest BCUT2D eigenvalue weighted by Crippen LogP contribution is -2.46.